The van der Waals surface area contributed by atoms with Gasteiger partial charge in [0, 0.05) is 12.7 Å². The molecule has 5 nitrogen and oxygen atoms in total. The molecule has 0 unspecified atom stereocenters. The van der Waals surface area contributed by atoms with Crippen LogP contribution in [0.5, 0.6) is 0 Å². The Hall–Kier alpha value is -1.57. The number of hydrogen-bond donors (Lipinski definition) is 2. The van der Waals surface area contributed by atoms with Crippen molar-refractivity contribution in [3.8, 4) is 0 Å². The van der Waals surface area contributed by atoms with E-state index >= 15 is 0 Å². The van der Waals surface area contributed by atoms with Crippen molar-refractivity contribution in [1.82, 2.24) is 15.6 Å². The summed E-state index contributed by atoms with van der Waals surface area (Å²) < 4.78 is 5.29. The average molecular weight is 400 g/mol. The van der Waals surface area contributed by atoms with Gasteiger partial charge in [0.25, 0.3) is 0 Å². The quantitative estimate of drug-likeness (QED) is 0.461. The number of rotatable bonds is 5. The lowest BCUT2D eigenvalue weighted by molar-refractivity contribution is 0.501. The number of nitrogens with one attached hydrogen (secondary N) is 2. The van der Waals surface area contributed by atoms with Crippen molar-refractivity contribution in [3.05, 3.63) is 53.7 Å². The molecule has 2 aromatic heterocycles. The molecule has 0 aliphatic rings. The van der Waals surface area contributed by atoms with Gasteiger partial charge in [-0.25, -0.2) is 4.99 Å². The molecule has 0 amide bonds. The first-order chi connectivity index (χ1) is 9.79. The van der Waals surface area contributed by atoms with Crippen LogP contribution in [0.4, 0.5) is 0 Å². The van der Waals surface area contributed by atoms with Crippen molar-refractivity contribution in [2.24, 2.45) is 4.99 Å². The standard InChI is InChI=1S/C15H20N4O.HI/c1-3-16-15(18-10-13-7-5-9-20-13)19-11-14-12(2)6-4-8-17-14;/h4-9H,3,10-11H2,1-2H3,(H2,16,18,19);1H. The predicted molar refractivity (Wildman–Crippen MR) is 94.8 cm³/mol. The van der Waals surface area contributed by atoms with E-state index in [2.05, 4.69) is 20.6 Å². The number of aryl methyl sites for hydroxylation is 1. The number of furan rings is 1. The molecule has 0 radical (unpaired) electrons. The molecule has 2 heterocycles. The highest BCUT2D eigenvalue weighted by molar-refractivity contribution is 14.0. The normalized spacial score (nSPS) is 10.9. The topological polar surface area (TPSA) is 62.5 Å². The first kappa shape index (κ1) is 17.5. The largest absolute Gasteiger partial charge is 0.467 e. The zero-order valence-electron chi connectivity index (χ0n) is 12.3. The average Bonchev–Trinajstić information content (AvgIpc) is 2.97. The van der Waals surface area contributed by atoms with Crippen molar-refractivity contribution in [2.45, 2.75) is 26.9 Å². The molecule has 0 saturated carbocycles. The summed E-state index contributed by atoms with van der Waals surface area (Å²) in [6, 6.07) is 7.78. The second-order valence-electron chi connectivity index (χ2n) is 4.40. The van der Waals surface area contributed by atoms with Gasteiger partial charge in [-0.05, 0) is 37.6 Å². The molecule has 2 rings (SSSR count). The van der Waals surface area contributed by atoms with Crippen LogP contribution in [0.1, 0.15) is 23.9 Å². The number of halogens is 1. The van der Waals surface area contributed by atoms with E-state index in [1.165, 1.54) is 0 Å². The Balaban J connectivity index is 0.00000220. The molecule has 0 aliphatic carbocycles. The van der Waals surface area contributed by atoms with E-state index in [1.54, 1.807) is 12.5 Å². The predicted octanol–water partition coefficient (Wildman–Crippen LogP) is 2.86. The Morgan fingerprint density at radius 2 is 2.14 bits per heavy atom. The minimum Gasteiger partial charge on any atom is -0.467 e. The van der Waals surface area contributed by atoms with Crippen LogP contribution in [-0.2, 0) is 13.1 Å². The van der Waals surface area contributed by atoms with E-state index in [1.807, 2.05) is 38.1 Å². The van der Waals surface area contributed by atoms with Gasteiger partial charge in [0.1, 0.15) is 5.76 Å². The van der Waals surface area contributed by atoms with Crippen LogP contribution in [0, 0.1) is 6.92 Å². The van der Waals surface area contributed by atoms with Gasteiger partial charge in [-0.2, -0.15) is 0 Å². The summed E-state index contributed by atoms with van der Waals surface area (Å²) in [6.45, 7) is 6.06. The van der Waals surface area contributed by atoms with E-state index < -0.39 is 0 Å². The first-order valence-electron chi connectivity index (χ1n) is 6.74. The number of aromatic nitrogens is 1. The summed E-state index contributed by atoms with van der Waals surface area (Å²) in [5, 5.41) is 6.43. The van der Waals surface area contributed by atoms with Gasteiger partial charge >= 0.3 is 0 Å². The molecule has 6 heteroatoms. The molecule has 21 heavy (non-hydrogen) atoms. The molecule has 0 spiro atoms. The lowest BCUT2D eigenvalue weighted by Crippen LogP contribution is -2.36. The molecular formula is C15H21IN4O. The molecule has 0 saturated heterocycles. The highest BCUT2D eigenvalue weighted by atomic mass is 127. The fraction of sp³-hybridized carbons (Fsp3) is 0.333. The number of guanidine groups is 1. The summed E-state index contributed by atoms with van der Waals surface area (Å²) >= 11 is 0. The van der Waals surface area contributed by atoms with E-state index in [4.69, 9.17) is 4.42 Å². The Kier molecular flexibility index (Phi) is 7.81. The summed E-state index contributed by atoms with van der Waals surface area (Å²) in [5.41, 5.74) is 2.14. The highest BCUT2D eigenvalue weighted by Crippen LogP contribution is 2.04. The summed E-state index contributed by atoms with van der Waals surface area (Å²) in [6.07, 6.45) is 3.46. The van der Waals surface area contributed by atoms with Gasteiger partial charge in [0.15, 0.2) is 5.96 Å². The van der Waals surface area contributed by atoms with E-state index in [0.717, 1.165) is 29.5 Å². The summed E-state index contributed by atoms with van der Waals surface area (Å²) in [4.78, 5) is 8.87. The van der Waals surface area contributed by atoms with Crippen molar-refractivity contribution < 1.29 is 4.42 Å². The number of nitrogens with zero attached hydrogens (tertiary/aromatic N) is 2. The monoisotopic (exact) mass is 400 g/mol. The Labute approximate surface area is 142 Å². The second kappa shape index (κ2) is 9.38. The molecule has 0 atom stereocenters. The van der Waals surface area contributed by atoms with Gasteiger partial charge in [-0.3, -0.25) is 4.98 Å². The number of aliphatic imine (C=N–C) groups is 1. The zero-order valence-corrected chi connectivity index (χ0v) is 14.6. The van der Waals surface area contributed by atoms with Crippen LogP contribution in [0.25, 0.3) is 0 Å². The van der Waals surface area contributed by atoms with Crippen LogP contribution in [0.15, 0.2) is 46.1 Å². The van der Waals surface area contributed by atoms with Crippen LogP contribution in [0.2, 0.25) is 0 Å². The zero-order chi connectivity index (χ0) is 14.2. The third-order valence-electron chi connectivity index (χ3n) is 2.86. The van der Waals surface area contributed by atoms with E-state index in [9.17, 15) is 0 Å². The van der Waals surface area contributed by atoms with Gasteiger partial charge in [-0.1, -0.05) is 6.07 Å². The van der Waals surface area contributed by atoms with Gasteiger partial charge < -0.3 is 15.1 Å². The third kappa shape index (κ3) is 5.74. The van der Waals surface area contributed by atoms with Crippen molar-refractivity contribution in [1.29, 1.82) is 0 Å². The smallest absolute Gasteiger partial charge is 0.192 e. The highest BCUT2D eigenvalue weighted by Gasteiger charge is 2.01. The Morgan fingerprint density at radius 3 is 2.81 bits per heavy atom. The maximum Gasteiger partial charge on any atom is 0.192 e. The number of pyridine rings is 1. The van der Waals surface area contributed by atoms with Gasteiger partial charge in [0.05, 0.1) is 25.0 Å². The van der Waals surface area contributed by atoms with Gasteiger partial charge in [0.2, 0.25) is 0 Å². The fourth-order valence-electron chi connectivity index (χ4n) is 1.76. The summed E-state index contributed by atoms with van der Waals surface area (Å²) in [5.74, 6) is 1.64. The first-order valence-corrected chi connectivity index (χ1v) is 6.74. The minimum absolute atomic E-state index is 0. The van der Waals surface area contributed by atoms with Crippen LogP contribution < -0.4 is 10.6 Å². The van der Waals surface area contributed by atoms with Crippen molar-refractivity contribution >= 4 is 29.9 Å². The molecular weight excluding hydrogens is 379 g/mol. The Bertz CT molecular complexity index is 555. The fourth-order valence-corrected chi connectivity index (χ4v) is 1.76. The van der Waals surface area contributed by atoms with Crippen LogP contribution in [-0.4, -0.2) is 17.5 Å². The lowest BCUT2D eigenvalue weighted by Gasteiger charge is -2.10. The molecule has 0 aromatic carbocycles. The Morgan fingerprint density at radius 1 is 1.29 bits per heavy atom. The molecule has 0 bridgehead atoms. The molecule has 0 aliphatic heterocycles. The number of hydrogen-bond acceptors (Lipinski definition) is 3. The molecule has 2 N–H and O–H groups in total. The summed E-state index contributed by atoms with van der Waals surface area (Å²) in [7, 11) is 0. The SMILES string of the molecule is CCNC(=NCc1ncccc1C)NCc1ccco1.I. The lowest BCUT2D eigenvalue weighted by atomic mass is 10.2. The minimum atomic E-state index is 0. The second-order valence-corrected chi connectivity index (χ2v) is 4.40. The van der Waals surface area contributed by atoms with Crippen molar-refractivity contribution in [2.75, 3.05) is 6.54 Å². The molecule has 114 valence electrons. The van der Waals surface area contributed by atoms with Crippen LogP contribution in [0.3, 0.4) is 0 Å². The van der Waals surface area contributed by atoms with Gasteiger partial charge in [-0.15, -0.1) is 24.0 Å². The maximum atomic E-state index is 5.29. The molecule has 2 aromatic rings. The van der Waals surface area contributed by atoms with Crippen molar-refractivity contribution in [3.63, 3.8) is 0 Å². The maximum absolute atomic E-state index is 5.29. The molecule has 0 fully saturated rings. The van der Waals surface area contributed by atoms with E-state index in [0.29, 0.717) is 13.1 Å². The van der Waals surface area contributed by atoms with E-state index in [-0.39, 0.29) is 24.0 Å². The third-order valence-corrected chi connectivity index (χ3v) is 2.86. The van der Waals surface area contributed by atoms with Crippen LogP contribution >= 0.6 is 24.0 Å².